The second kappa shape index (κ2) is 10.5. The van der Waals surface area contributed by atoms with Gasteiger partial charge in [-0.3, -0.25) is 4.79 Å². The van der Waals surface area contributed by atoms with E-state index in [9.17, 15) is 14.7 Å². The Morgan fingerprint density at radius 3 is 2.85 bits per heavy atom. The van der Waals surface area contributed by atoms with Gasteiger partial charge in [-0.05, 0) is 43.4 Å². The first-order valence-electron chi connectivity index (χ1n) is 9.31. The smallest absolute Gasteiger partial charge is 0.337 e. The molecule has 0 aromatic heterocycles. The number of aliphatic hydroxyl groups excluding tert-OH is 1. The minimum absolute atomic E-state index is 0.0223. The van der Waals surface area contributed by atoms with Crippen molar-refractivity contribution in [3.8, 4) is 12.3 Å². The molecule has 1 saturated heterocycles. The number of unbranched alkanes of at least 4 members (excludes halogenated alkanes) is 1. The molecule has 2 unspecified atom stereocenters. The molecule has 1 heterocycles. The summed E-state index contributed by atoms with van der Waals surface area (Å²) in [5.74, 6) is 2.34. The molecule has 0 aliphatic carbocycles. The van der Waals surface area contributed by atoms with E-state index in [0.717, 1.165) is 18.4 Å². The van der Waals surface area contributed by atoms with Crippen LogP contribution in [0.25, 0.3) is 0 Å². The second-order valence-corrected chi connectivity index (χ2v) is 6.68. The summed E-state index contributed by atoms with van der Waals surface area (Å²) < 4.78 is 4.69. The molecule has 1 aliphatic heterocycles. The van der Waals surface area contributed by atoms with Crippen LogP contribution in [-0.2, 0) is 16.0 Å². The van der Waals surface area contributed by atoms with Gasteiger partial charge in [0.05, 0.1) is 24.8 Å². The normalized spacial score (nSPS) is 17.9. The highest BCUT2D eigenvalue weighted by molar-refractivity contribution is 5.89. The highest BCUT2D eigenvalue weighted by atomic mass is 16.5. The molecule has 5 heteroatoms. The van der Waals surface area contributed by atoms with Crippen molar-refractivity contribution in [1.82, 2.24) is 4.90 Å². The number of terminal acetylenes is 1. The highest BCUT2D eigenvalue weighted by Gasteiger charge is 2.28. The third-order valence-electron chi connectivity index (χ3n) is 4.77. The molecule has 1 aromatic carbocycles. The lowest BCUT2D eigenvalue weighted by Gasteiger charge is -2.22. The maximum atomic E-state index is 12.2. The lowest BCUT2D eigenvalue weighted by Crippen LogP contribution is -2.33. The number of esters is 1. The third-order valence-corrected chi connectivity index (χ3v) is 4.77. The van der Waals surface area contributed by atoms with Crippen LogP contribution < -0.4 is 0 Å². The number of hydrogen-bond donors (Lipinski definition) is 1. The number of benzene rings is 1. The largest absolute Gasteiger partial charge is 0.465 e. The average Bonchev–Trinajstić information content (AvgIpc) is 3.04. The predicted octanol–water partition coefficient (Wildman–Crippen LogP) is 2.73. The summed E-state index contributed by atoms with van der Waals surface area (Å²) in [6, 6.07) is 7.25. The second-order valence-electron chi connectivity index (χ2n) is 6.68. The van der Waals surface area contributed by atoms with Crippen molar-refractivity contribution in [2.75, 3.05) is 13.7 Å². The number of likely N-dealkylation sites (tertiary alicyclic amines) is 1. The van der Waals surface area contributed by atoms with Gasteiger partial charge in [-0.15, -0.1) is 12.3 Å². The van der Waals surface area contributed by atoms with E-state index in [1.54, 1.807) is 18.2 Å². The first-order chi connectivity index (χ1) is 13.0. The Hall–Kier alpha value is -2.58. The van der Waals surface area contributed by atoms with Crippen LogP contribution >= 0.6 is 0 Å². The quantitative estimate of drug-likeness (QED) is 0.315. The Kier molecular flexibility index (Phi) is 8.09. The zero-order valence-corrected chi connectivity index (χ0v) is 15.8. The molecule has 0 saturated carbocycles. The average molecular weight is 369 g/mol. The summed E-state index contributed by atoms with van der Waals surface area (Å²) in [5.41, 5.74) is 1.57. The number of nitrogens with zero attached hydrogens (tertiary/aromatic N) is 1. The fourth-order valence-electron chi connectivity index (χ4n) is 3.19. The number of methoxy groups -OCH3 is 1. The molecule has 1 fully saturated rings. The van der Waals surface area contributed by atoms with Crippen molar-refractivity contribution in [3.63, 3.8) is 0 Å². The van der Waals surface area contributed by atoms with Crippen molar-refractivity contribution >= 4 is 11.9 Å². The molecular weight excluding hydrogens is 342 g/mol. The summed E-state index contributed by atoms with van der Waals surface area (Å²) in [4.78, 5) is 25.5. The SMILES string of the molecule is C#CCCCC(O)C=CC1CCC(=O)N1CCc1ccc(C(=O)OC)cc1. The van der Waals surface area contributed by atoms with E-state index >= 15 is 0 Å². The Balaban J connectivity index is 1.88. The summed E-state index contributed by atoms with van der Waals surface area (Å²) in [5, 5.41) is 9.99. The molecule has 5 nitrogen and oxygen atoms in total. The zero-order chi connectivity index (χ0) is 19.6. The highest BCUT2D eigenvalue weighted by Crippen LogP contribution is 2.21. The van der Waals surface area contributed by atoms with Crippen LogP contribution in [0.3, 0.4) is 0 Å². The van der Waals surface area contributed by atoms with E-state index in [2.05, 4.69) is 5.92 Å². The van der Waals surface area contributed by atoms with E-state index in [4.69, 9.17) is 11.2 Å². The molecule has 0 radical (unpaired) electrons. The van der Waals surface area contributed by atoms with Gasteiger partial charge in [0.2, 0.25) is 5.91 Å². The standard InChI is InChI=1S/C22H27NO4/c1-3-4-5-6-20(24)13-11-19-12-14-21(25)23(19)16-15-17-7-9-18(10-8-17)22(26)27-2/h1,7-11,13,19-20,24H,4-6,12,14-16H2,2H3. The first kappa shape index (κ1) is 20.7. The molecule has 0 bridgehead atoms. The monoisotopic (exact) mass is 369 g/mol. The summed E-state index contributed by atoms with van der Waals surface area (Å²) in [6.45, 7) is 0.610. The Labute approximate surface area is 161 Å². The van der Waals surface area contributed by atoms with Gasteiger partial charge in [-0.2, -0.15) is 0 Å². The molecule has 27 heavy (non-hydrogen) atoms. The molecule has 1 aromatic rings. The minimum Gasteiger partial charge on any atom is -0.465 e. The molecule has 0 spiro atoms. The number of aliphatic hydroxyl groups is 1. The van der Waals surface area contributed by atoms with Crippen LogP contribution in [0.2, 0.25) is 0 Å². The maximum Gasteiger partial charge on any atom is 0.337 e. The van der Waals surface area contributed by atoms with Crippen molar-refractivity contribution < 1.29 is 19.4 Å². The molecule has 1 N–H and O–H groups in total. The van der Waals surface area contributed by atoms with Crippen molar-refractivity contribution in [2.24, 2.45) is 0 Å². The molecular formula is C22H27NO4. The first-order valence-corrected chi connectivity index (χ1v) is 9.31. The fraction of sp³-hybridized carbons (Fsp3) is 0.455. The fourth-order valence-corrected chi connectivity index (χ4v) is 3.19. The van der Waals surface area contributed by atoms with E-state index in [-0.39, 0.29) is 17.9 Å². The van der Waals surface area contributed by atoms with Crippen LogP contribution in [0, 0.1) is 12.3 Å². The summed E-state index contributed by atoms with van der Waals surface area (Å²) in [6.07, 6.45) is 12.5. The molecule has 2 rings (SSSR count). The van der Waals surface area contributed by atoms with E-state index in [1.165, 1.54) is 7.11 Å². The van der Waals surface area contributed by atoms with Gasteiger partial charge in [0.25, 0.3) is 0 Å². The molecule has 1 amide bonds. The van der Waals surface area contributed by atoms with Crippen LogP contribution in [0.15, 0.2) is 36.4 Å². The zero-order valence-electron chi connectivity index (χ0n) is 15.8. The van der Waals surface area contributed by atoms with Crippen LogP contribution in [0.1, 0.15) is 48.0 Å². The van der Waals surface area contributed by atoms with E-state index in [1.807, 2.05) is 23.1 Å². The molecule has 144 valence electrons. The Bertz CT molecular complexity index is 702. The predicted molar refractivity (Wildman–Crippen MR) is 104 cm³/mol. The minimum atomic E-state index is -0.526. The van der Waals surface area contributed by atoms with Gasteiger partial charge >= 0.3 is 5.97 Å². The van der Waals surface area contributed by atoms with Gasteiger partial charge in [0, 0.05) is 19.4 Å². The number of ether oxygens (including phenoxy) is 1. The van der Waals surface area contributed by atoms with Crippen LogP contribution in [0.4, 0.5) is 0 Å². The van der Waals surface area contributed by atoms with Gasteiger partial charge in [-0.25, -0.2) is 4.79 Å². The number of hydrogen-bond acceptors (Lipinski definition) is 4. The van der Waals surface area contributed by atoms with Crippen molar-refractivity contribution in [3.05, 3.63) is 47.5 Å². The van der Waals surface area contributed by atoms with Gasteiger partial charge in [0.1, 0.15) is 0 Å². The van der Waals surface area contributed by atoms with Gasteiger partial charge in [0.15, 0.2) is 0 Å². The molecule has 2 atom stereocenters. The topological polar surface area (TPSA) is 66.8 Å². The summed E-state index contributed by atoms with van der Waals surface area (Å²) >= 11 is 0. The lowest BCUT2D eigenvalue weighted by molar-refractivity contribution is -0.128. The van der Waals surface area contributed by atoms with E-state index in [0.29, 0.717) is 37.8 Å². The van der Waals surface area contributed by atoms with Crippen molar-refractivity contribution in [2.45, 2.75) is 50.7 Å². The number of carbonyl (C=O) groups excluding carboxylic acids is 2. The Morgan fingerprint density at radius 1 is 1.44 bits per heavy atom. The van der Waals surface area contributed by atoms with Crippen LogP contribution in [-0.4, -0.2) is 47.7 Å². The van der Waals surface area contributed by atoms with Gasteiger partial charge in [-0.1, -0.05) is 24.3 Å². The number of rotatable bonds is 9. The van der Waals surface area contributed by atoms with Crippen LogP contribution in [0.5, 0.6) is 0 Å². The number of carbonyl (C=O) groups is 2. The maximum absolute atomic E-state index is 12.2. The molecule has 1 aliphatic rings. The summed E-state index contributed by atoms with van der Waals surface area (Å²) in [7, 11) is 1.36. The third kappa shape index (κ3) is 6.26. The number of amides is 1. The van der Waals surface area contributed by atoms with E-state index < -0.39 is 6.10 Å². The Morgan fingerprint density at radius 2 is 2.19 bits per heavy atom. The lowest BCUT2D eigenvalue weighted by atomic mass is 10.1. The van der Waals surface area contributed by atoms with Crippen molar-refractivity contribution in [1.29, 1.82) is 0 Å². The van der Waals surface area contributed by atoms with Gasteiger partial charge < -0.3 is 14.7 Å².